The first-order chi connectivity index (χ1) is 11.9. The summed E-state index contributed by atoms with van der Waals surface area (Å²) in [6, 6.07) is 6.78. The smallest absolute Gasteiger partial charge is 0.224 e. The second-order valence-electron chi connectivity index (χ2n) is 6.42. The Hall–Kier alpha value is -1.73. The quantitative estimate of drug-likeness (QED) is 0.566. The van der Waals surface area contributed by atoms with Gasteiger partial charge in [-0.1, -0.05) is 18.6 Å². The molecular weight excluding hydrogens is 340 g/mol. The number of carbonyl (C=O) groups is 2. The SMILES string of the molecule is CC(=O)c1cccc(NC(=O)CCCCS(=O)(=O)N2CCCCC2)c1. The number of amides is 1. The number of unbranched alkanes of at least 4 members (excludes halogenated alkanes) is 1. The summed E-state index contributed by atoms with van der Waals surface area (Å²) in [5.41, 5.74) is 1.13. The maximum atomic E-state index is 12.2. The number of carbonyl (C=O) groups excluding carboxylic acids is 2. The first kappa shape index (κ1) is 19.6. The number of hydrogen-bond donors (Lipinski definition) is 1. The summed E-state index contributed by atoms with van der Waals surface area (Å²) in [7, 11) is -3.19. The molecule has 6 nitrogen and oxygen atoms in total. The minimum absolute atomic E-state index is 0.0565. The molecule has 138 valence electrons. The van der Waals surface area contributed by atoms with Crippen LogP contribution in [0, 0.1) is 0 Å². The molecule has 0 unspecified atom stereocenters. The molecule has 0 bridgehead atoms. The normalized spacial score (nSPS) is 15.7. The van der Waals surface area contributed by atoms with Crippen LogP contribution in [0.2, 0.25) is 0 Å². The number of hydrogen-bond acceptors (Lipinski definition) is 4. The minimum Gasteiger partial charge on any atom is -0.326 e. The fourth-order valence-electron chi connectivity index (χ4n) is 2.88. The number of piperidine rings is 1. The zero-order valence-electron chi connectivity index (χ0n) is 14.7. The highest BCUT2D eigenvalue weighted by atomic mass is 32.2. The molecule has 1 heterocycles. The largest absolute Gasteiger partial charge is 0.326 e. The number of nitrogens with one attached hydrogen (secondary N) is 1. The monoisotopic (exact) mass is 366 g/mol. The van der Waals surface area contributed by atoms with Gasteiger partial charge in [-0.3, -0.25) is 9.59 Å². The lowest BCUT2D eigenvalue weighted by molar-refractivity contribution is -0.116. The van der Waals surface area contributed by atoms with E-state index in [4.69, 9.17) is 0 Å². The topological polar surface area (TPSA) is 83.5 Å². The van der Waals surface area contributed by atoms with Crippen molar-refractivity contribution in [2.75, 3.05) is 24.2 Å². The van der Waals surface area contributed by atoms with E-state index in [2.05, 4.69) is 5.32 Å². The van der Waals surface area contributed by atoms with E-state index >= 15 is 0 Å². The number of rotatable bonds is 8. The number of nitrogens with zero attached hydrogens (tertiary/aromatic N) is 1. The second-order valence-corrected chi connectivity index (χ2v) is 8.51. The fourth-order valence-corrected chi connectivity index (χ4v) is 4.52. The van der Waals surface area contributed by atoms with Crippen LogP contribution in [0.4, 0.5) is 5.69 Å². The van der Waals surface area contributed by atoms with Gasteiger partial charge in [-0.25, -0.2) is 12.7 Å². The van der Waals surface area contributed by atoms with Gasteiger partial charge < -0.3 is 5.32 Å². The standard InChI is InChI=1S/C18H26N2O4S/c1-15(21)16-8-7-9-17(14-16)19-18(22)10-3-6-13-25(23,24)20-11-4-2-5-12-20/h7-9,14H,2-6,10-13H2,1H3,(H,19,22). The summed E-state index contributed by atoms with van der Waals surface area (Å²) in [5, 5.41) is 2.75. The van der Waals surface area contributed by atoms with Crippen molar-refractivity contribution < 1.29 is 18.0 Å². The summed E-state index contributed by atoms with van der Waals surface area (Å²) < 4.78 is 26.0. The van der Waals surface area contributed by atoms with Crippen molar-refractivity contribution >= 4 is 27.4 Å². The van der Waals surface area contributed by atoms with Crippen molar-refractivity contribution in [3.8, 4) is 0 Å². The van der Waals surface area contributed by atoms with Crippen molar-refractivity contribution in [1.29, 1.82) is 0 Å². The number of sulfonamides is 1. The Morgan fingerprint density at radius 1 is 1.12 bits per heavy atom. The van der Waals surface area contributed by atoms with E-state index in [-0.39, 0.29) is 23.9 Å². The Morgan fingerprint density at radius 2 is 1.84 bits per heavy atom. The molecule has 0 saturated carbocycles. The van der Waals surface area contributed by atoms with E-state index in [9.17, 15) is 18.0 Å². The third-order valence-corrected chi connectivity index (χ3v) is 6.27. The lowest BCUT2D eigenvalue weighted by Crippen LogP contribution is -2.37. The molecule has 1 fully saturated rings. The molecular formula is C18H26N2O4S. The highest BCUT2D eigenvalue weighted by Crippen LogP contribution is 2.15. The van der Waals surface area contributed by atoms with E-state index in [1.54, 1.807) is 28.6 Å². The van der Waals surface area contributed by atoms with Crippen LogP contribution in [0.25, 0.3) is 0 Å². The van der Waals surface area contributed by atoms with Crippen LogP contribution in [0.1, 0.15) is 55.8 Å². The molecule has 0 spiro atoms. The molecule has 0 aliphatic carbocycles. The second kappa shape index (κ2) is 9.10. The van der Waals surface area contributed by atoms with Gasteiger partial charge in [0, 0.05) is 30.8 Å². The molecule has 1 aliphatic rings. The molecule has 7 heteroatoms. The van der Waals surface area contributed by atoms with Gasteiger partial charge in [-0.15, -0.1) is 0 Å². The predicted molar refractivity (Wildman–Crippen MR) is 98.1 cm³/mol. The lowest BCUT2D eigenvalue weighted by atomic mass is 10.1. The molecule has 0 radical (unpaired) electrons. The van der Waals surface area contributed by atoms with Gasteiger partial charge in [-0.05, 0) is 44.7 Å². The molecule has 25 heavy (non-hydrogen) atoms. The summed E-state index contributed by atoms with van der Waals surface area (Å²) in [5.74, 6) is -0.129. The van der Waals surface area contributed by atoms with Gasteiger partial charge in [0.2, 0.25) is 15.9 Å². The number of Topliss-reactive ketones (excluding diaryl/α,β-unsaturated/α-hetero) is 1. The van der Waals surface area contributed by atoms with Crippen molar-refractivity contribution in [3.63, 3.8) is 0 Å². The van der Waals surface area contributed by atoms with E-state index in [1.165, 1.54) is 6.92 Å². The van der Waals surface area contributed by atoms with Crippen LogP contribution in [-0.4, -0.2) is 43.3 Å². The van der Waals surface area contributed by atoms with Crippen molar-refractivity contribution in [1.82, 2.24) is 4.31 Å². The average Bonchev–Trinajstić information content (AvgIpc) is 2.60. The van der Waals surface area contributed by atoms with Crippen LogP contribution >= 0.6 is 0 Å². The van der Waals surface area contributed by atoms with Gasteiger partial charge >= 0.3 is 0 Å². The molecule has 1 aromatic rings. The number of benzene rings is 1. The van der Waals surface area contributed by atoms with Gasteiger partial charge in [0.1, 0.15) is 0 Å². The lowest BCUT2D eigenvalue weighted by Gasteiger charge is -2.25. The zero-order chi connectivity index (χ0) is 18.3. The highest BCUT2D eigenvalue weighted by molar-refractivity contribution is 7.89. The van der Waals surface area contributed by atoms with Gasteiger partial charge in [0.05, 0.1) is 5.75 Å². The van der Waals surface area contributed by atoms with Crippen molar-refractivity contribution in [2.45, 2.75) is 45.4 Å². The van der Waals surface area contributed by atoms with E-state index in [0.29, 0.717) is 37.2 Å². The highest BCUT2D eigenvalue weighted by Gasteiger charge is 2.23. The molecule has 1 N–H and O–H groups in total. The van der Waals surface area contributed by atoms with Gasteiger partial charge in [0.25, 0.3) is 0 Å². The first-order valence-corrected chi connectivity index (χ1v) is 10.4. The third-order valence-electron chi connectivity index (χ3n) is 4.32. The van der Waals surface area contributed by atoms with E-state index in [1.807, 2.05) is 0 Å². The summed E-state index contributed by atoms with van der Waals surface area (Å²) in [4.78, 5) is 23.3. The summed E-state index contributed by atoms with van der Waals surface area (Å²) in [6.45, 7) is 2.72. The molecule has 0 aromatic heterocycles. The van der Waals surface area contributed by atoms with Crippen LogP contribution in [0.3, 0.4) is 0 Å². The molecule has 2 rings (SSSR count). The van der Waals surface area contributed by atoms with Crippen LogP contribution < -0.4 is 5.32 Å². The predicted octanol–water partition coefficient (Wildman–Crippen LogP) is 2.81. The van der Waals surface area contributed by atoms with Gasteiger partial charge in [-0.2, -0.15) is 0 Å². The van der Waals surface area contributed by atoms with E-state index < -0.39 is 10.0 Å². The van der Waals surface area contributed by atoms with Crippen LogP contribution in [0.15, 0.2) is 24.3 Å². The molecule has 1 aliphatic heterocycles. The van der Waals surface area contributed by atoms with Crippen molar-refractivity contribution in [3.05, 3.63) is 29.8 Å². The van der Waals surface area contributed by atoms with Crippen LogP contribution in [-0.2, 0) is 14.8 Å². The Bertz CT molecular complexity index is 710. The average molecular weight is 366 g/mol. The minimum atomic E-state index is -3.19. The third kappa shape index (κ3) is 6.25. The summed E-state index contributed by atoms with van der Waals surface area (Å²) >= 11 is 0. The summed E-state index contributed by atoms with van der Waals surface area (Å²) in [6.07, 6.45) is 4.21. The van der Waals surface area contributed by atoms with Crippen molar-refractivity contribution in [2.24, 2.45) is 0 Å². The molecule has 1 saturated heterocycles. The molecule has 1 amide bonds. The zero-order valence-corrected chi connectivity index (χ0v) is 15.5. The Balaban J connectivity index is 1.73. The molecule has 0 atom stereocenters. The van der Waals surface area contributed by atoms with Gasteiger partial charge in [0.15, 0.2) is 5.78 Å². The Labute approximate surface area is 149 Å². The van der Waals surface area contributed by atoms with E-state index in [0.717, 1.165) is 19.3 Å². The van der Waals surface area contributed by atoms with Crippen LogP contribution in [0.5, 0.6) is 0 Å². The fraction of sp³-hybridized carbons (Fsp3) is 0.556. The number of anilines is 1. The Morgan fingerprint density at radius 3 is 2.52 bits per heavy atom. The maximum Gasteiger partial charge on any atom is 0.224 e. The first-order valence-electron chi connectivity index (χ1n) is 8.77. The maximum absolute atomic E-state index is 12.2. The molecule has 1 aromatic carbocycles. The Kier molecular flexibility index (Phi) is 7.13. The number of ketones is 1.